The topological polar surface area (TPSA) is 59.1 Å². The molecule has 1 aromatic rings. The Hall–Kier alpha value is -1.71. The van der Waals surface area contributed by atoms with E-state index in [1.54, 1.807) is 19.2 Å². The molecule has 0 aromatic carbocycles. The smallest absolute Gasteiger partial charge is 0.269 e. The first-order valence-electron chi connectivity index (χ1n) is 4.97. The van der Waals surface area contributed by atoms with Crippen LogP contribution in [0.15, 0.2) is 12.1 Å². The summed E-state index contributed by atoms with van der Waals surface area (Å²) in [6, 6.07) is 3.30. The van der Waals surface area contributed by atoms with Crippen LogP contribution in [-0.2, 0) is 6.42 Å². The van der Waals surface area contributed by atoms with Crippen molar-refractivity contribution in [2.45, 2.75) is 19.3 Å². The van der Waals surface area contributed by atoms with Crippen molar-refractivity contribution in [1.29, 1.82) is 0 Å². The van der Waals surface area contributed by atoms with Crippen molar-refractivity contribution in [3.05, 3.63) is 29.1 Å². The van der Waals surface area contributed by atoms with Gasteiger partial charge >= 0.3 is 0 Å². The van der Waals surface area contributed by atoms with E-state index in [0.29, 0.717) is 17.7 Å². The quantitative estimate of drug-likeness (QED) is 0.741. The number of hydrogen-bond acceptors (Lipinski definition) is 3. The van der Waals surface area contributed by atoms with Crippen LogP contribution in [0.25, 0.3) is 0 Å². The number of aromatic nitrogens is 1. The van der Waals surface area contributed by atoms with Crippen LogP contribution in [0.5, 0.6) is 0 Å². The Balaban J connectivity index is 2.41. The van der Waals surface area contributed by atoms with E-state index in [1.165, 1.54) is 0 Å². The summed E-state index contributed by atoms with van der Waals surface area (Å²) in [4.78, 5) is 27.0. The summed E-state index contributed by atoms with van der Waals surface area (Å²) in [6.07, 6.45) is 2.20. The number of Topliss-reactive ketones (excluding diaryl/α,β-unsaturated/α-hetero) is 1. The van der Waals surface area contributed by atoms with Crippen LogP contribution in [0.3, 0.4) is 0 Å². The second kappa shape index (κ2) is 3.81. The van der Waals surface area contributed by atoms with Crippen LogP contribution in [0.1, 0.15) is 39.4 Å². The van der Waals surface area contributed by atoms with Gasteiger partial charge in [0.05, 0.1) is 5.69 Å². The molecule has 0 unspecified atom stereocenters. The van der Waals surface area contributed by atoms with E-state index in [1.807, 2.05) is 0 Å². The van der Waals surface area contributed by atoms with E-state index < -0.39 is 0 Å². The van der Waals surface area contributed by atoms with Gasteiger partial charge in [-0.1, -0.05) is 0 Å². The predicted octanol–water partition coefficient (Wildman–Crippen LogP) is 0.960. The Morgan fingerprint density at radius 3 is 2.93 bits per heavy atom. The summed E-state index contributed by atoms with van der Waals surface area (Å²) >= 11 is 0. The van der Waals surface area contributed by atoms with Crippen LogP contribution in [0.4, 0.5) is 0 Å². The zero-order valence-corrected chi connectivity index (χ0v) is 8.54. The summed E-state index contributed by atoms with van der Waals surface area (Å²) < 4.78 is 0. The van der Waals surface area contributed by atoms with Gasteiger partial charge in [0.1, 0.15) is 5.69 Å². The number of carbonyl (C=O) groups excluding carboxylic acids is 2. The number of pyridine rings is 1. The lowest BCUT2D eigenvalue weighted by molar-refractivity contribution is 0.0948. The molecule has 0 atom stereocenters. The lowest BCUT2D eigenvalue weighted by atomic mass is 9.94. The number of nitrogens with one attached hydrogen (secondary N) is 1. The Bertz CT molecular complexity index is 427. The van der Waals surface area contributed by atoms with Gasteiger partial charge in [0.2, 0.25) is 0 Å². The predicted molar refractivity (Wildman–Crippen MR) is 54.9 cm³/mol. The monoisotopic (exact) mass is 204 g/mol. The van der Waals surface area contributed by atoms with Gasteiger partial charge < -0.3 is 5.32 Å². The maximum atomic E-state index is 11.5. The summed E-state index contributed by atoms with van der Waals surface area (Å²) in [5.41, 5.74) is 1.81. The van der Waals surface area contributed by atoms with E-state index in [2.05, 4.69) is 10.3 Å². The van der Waals surface area contributed by atoms with E-state index in [9.17, 15) is 9.59 Å². The van der Waals surface area contributed by atoms with Gasteiger partial charge in [-0.05, 0) is 25.0 Å². The Morgan fingerprint density at radius 2 is 2.20 bits per heavy atom. The normalized spacial score (nSPS) is 14.6. The second-order valence-corrected chi connectivity index (χ2v) is 3.55. The first-order valence-corrected chi connectivity index (χ1v) is 4.97. The van der Waals surface area contributed by atoms with Crippen molar-refractivity contribution in [3.63, 3.8) is 0 Å². The maximum absolute atomic E-state index is 11.5. The first kappa shape index (κ1) is 9.83. The molecular weight excluding hydrogens is 192 g/mol. The summed E-state index contributed by atoms with van der Waals surface area (Å²) in [5, 5.41) is 2.51. The van der Waals surface area contributed by atoms with Gasteiger partial charge in [-0.15, -0.1) is 0 Å². The molecule has 0 saturated heterocycles. The molecule has 1 heterocycles. The van der Waals surface area contributed by atoms with E-state index >= 15 is 0 Å². The molecule has 0 fully saturated rings. The highest BCUT2D eigenvalue weighted by Crippen LogP contribution is 2.19. The van der Waals surface area contributed by atoms with Gasteiger partial charge in [-0.25, -0.2) is 4.98 Å². The second-order valence-electron chi connectivity index (χ2n) is 3.55. The maximum Gasteiger partial charge on any atom is 0.269 e. The third kappa shape index (κ3) is 1.75. The van der Waals surface area contributed by atoms with E-state index in [0.717, 1.165) is 18.5 Å². The third-order valence-corrected chi connectivity index (χ3v) is 2.55. The molecule has 1 aliphatic carbocycles. The Morgan fingerprint density at radius 1 is 1.40 bits per heavy atom. The fourth-order valence-corrected chi connectivity index (χ4v) is 1.75. The van der Waals surface area contributed by atoms with Crippen LogP contribution in [0.2, 0.25) is 0 Å². The number of carbonyl (C=O) groups is 2. The molecule has 4 nitrogen and oxygen atoms in total. The largest absolute Gasteiger partial charge is 0.354 e. The zero-order chi connectivity index (χ0) is 10.8. The molecule has 0 saturated carbocycles. The average molecular weight is 204 g/mol. The van der Waals surface area contributed by atoms with Crippen molar-refractivity contribution in [3.8, 4) is 0 Å². The number of hydrogen-bond donors (Lipinski definition) is 1. The third-order valence-electron chi connectivity index (χ3n) is 2.55. The molecule has 0 radical (unpaired) electrons. The molecule has 1 amide bonds. The zero-order valence-electron chi connectivity index (χ0n) is 8.54. The lowest BCUT2D eigenvalue weighted by Gasteiger charge is -2.13. The van der Waals surface area contributed by atoms with Crippen LogP contribution in [0, 0.1) is 0 Å². The van der Waals surface area contributed by atoms with Crippen molar-refractivity contribution in [2.24, 2.45) is 0 Å². The van der Waals surface area contributed by atoms with Crippen molar-refractivity contribution in [1.82, 2.24) is 10.3 Å². The minimum Gasteiger partial charge on any atom is -0.354 e. The summed E-state index contributed by atoms with van der Waals surface area (Å²) in [5.74, 6) is -0.0805. The van der Waals surface area contributed by atoms with Crippen molar-refractivity contribution in [2.75, 3.05) is 7.05 Å². The molecule has 0 bridgehead atoms. The molecule has 15 heavy (non-hydrogen) atoms. The van der Waals surface area contributed by atoms with Gasteiger partial charge in [-0.3, -0.25) is 9.59 Å². The number of amides is 1. The fraction of sp³-hybridized carbons (Fsp3) is 0.364. The Labute approximate surface area is 87.7 Å². The number of aryl methyl sites for hydroxylation is 1. The molecular formula is C11H12N2O2. The first-order chi connectivity index (χ1) is 7.22. The van der Waals surface area contributed by atoms with Crippen molar-refractivity contribution >= 4 is 11.7 Å². The fourth-order valence-electron chi connectivity index (χ4n) is 1.75. The number of rotatable bonds is 1. The summed E-state index contributed by atoms with van der Waals surface area (Å²) in [6.45, 7) is 0. The molecule has 4 heteroatoms. The average Bonchev–Trinajstić information content (AvgIpc) is 2.28. The lowest BCUT2D eigenvalue weighted by Crippen LogP contribution is -2.21. The molecule has 1 aliphatic rings. The SMILES string of the molecule is CNC(=O)c1ccc2c(n1)CCCC2=O. The van der Waals surface area contributed by atoms with Crippen LogP contribution >= 0.6 is 0 Å². The minimum absolute atomic E-state index is 0.132. The van der Waals surface area contributed by atoms with Gasteiger partial charge in [0, 0.05) is 19.0 Å². The Kier molecular flexibility index (Phi) is 2.49. The van der Waals surface area contributed by atoms with E-state index in [-0.39, 0.29) is 11.7 Å². The highest BCUT2D eigenvalue weighted by molar-refractivity contribution is 5.99. The molecule has 1 aromatic heterocycles. The van der Waals surface area contributed by atoms with Crippen LogP contribution in [-0.4, -0.2) is 23.7 Å². The molecule has 78 valence electrons. The standard InChI is InChI=1S/C11H12N2O2/c1-12-11(15)9-6-5-7-8(13-9)3-2-4-10(7)14/h5-6H,2-4H2,1H3,(H,12,15). The van der Waals surface area contributed by atoms with Crippen molar-refractivity contribution < 1.29 is 9.59 Å². The highest BCUT2D eigenvalue weighted by Gasteiger charge is 2.19. The minimum atomic E-state index is -0.212. The number of nitrogens with zero attached hydrogens (tertiary/aromatic N) is 1. The van der Waals surface area contributed by atoms with Gasteiger partial charge in [-0.2, -0.15) is 0 Å². The molecule has 0 spiro atoms. The molecule has 1 N–H and O–H groups in total. The number of ketones is 1. The molecule has 0 aliphatic heterocycles. The summed E-state index contributed by atoms with van der Waals surface area (Å²) in [7, 11) is 1.56. The highest BCUT2D eigenvalue weighted by atomic mass is 16.1. The van der Waals surface area contributed by atoms with Gasteiger partial charge in [0.15, 0.2) is 5.78 Å². The number of fused-ring (bicyclic) bond motifs is 1. The van der Waals surface area contributed by atoms with E-state index in [4.69, 9.17) is 0 Å². The van der Waals surface area contributed by atoms with Crippen LogP contribution < -0.4 is 5.32 Å². The molecule has 2 rings (SSSR count). The van der Waals surface area contributed by atoms with Gasteiger partial charge in [0.25, 0.3) is 5.91 Å².